The zero-order valence-electron chi connectivity index (χ0n) is 31.6. The van der Waals surface area contributed by atoms with Crippen LogP contribution in [-0.4, -0.2) is 148 Å². The topological polar surface area (TPSA) is 247 Å². The van der Waals surface area contributed by atoms with Gasteiger partial charge in [0.05, 0.1) is 52.3 Å². The summed E-state index contributed by atoms with van der Waals surface area (Å²) in [6, 6.07) is -1.47. The fourth-order valence-corrected chi connectivity index (χ4v) is 7.86. The molecule has 0 aromatic carbocycles. The Morgan fingerprint density at radius 1 is 0.830 bits per heavy atom. The summed E-state index contributed by atoms with van der Waals surface area (Å²) >= 11 is 0. The number of ether oxygens (including phenoxy) is 6. The third-order valence-corrected chi connectivity index (χ3v) is 11.4. The summed E-state index contributed by atoms with van der Waals surface area (Å²) < 4.78 is 73.5. The van der Waals surface area contributed by atoms with Crippen LogP contribution in [-0.2, 0) is 50.9 Å². The Morgan fingerprint density at radius 3 is 2.06 bits per heavy atom. The molecule has 1 rings (SSSR count). The molecule has 0 bridgehead atoms. The van der Waals surface area contributed by atoms with Crippen molar-refractivity contribution < 1.29 is 81.2 Å². The molecule has 0 radical (unpaired) electrons. The number of aliphatic hydroxyl groups is 5. The van der Waals surface area contributed by atoms with Crippen LogP contribution in [0.2, 0.25) is 0 Å². The van der Waals surface area contributed by atoms with Gasteiger partial charge in [-0.25, -0.2) is 9.11 Å². The lowest BCUT2D eigenvalue weighted by molar-refractivity contribution is -0.252. The highest BCUT2D eigenvalue weighted by Gasteiger charge is 2.49. The summed E-state index contributed by atoms with van der Waals surface area (Å²) in [6.07, 6.45) is -2.53. The number of allylic oxidation sites excluding steroid dienone is 5. The zero-order chi connectivity index (χ0) is 39.9. The van der Waals surface area contributed by atoms with Crippen LogP contribution in [0.5, 0.6) is 0 Å². The Balaban J connectivity index is 2.81. The van der Waals surface area contributed by atoms with Gasteiger partial charge in [-0.2, -0.15) is 0 Å². The molecule has 0 saturated carbocycles. The average Bonchev–Trinajstić information content (AvgIpc) is 3.11. The second kappa shape index (κ2) is 27.1. The number of amides is 1. The van der Waals surface area contributed by atoms with Crippen LogP contribution in [0.25, 0.3) is 0 Å². The van der Waals surface area contributed by atoms with E-state index in [9.17, 15) is 39.5 Å². The minimum absolute atomic E-state index is 0.0548. The third kappa shape index (κ3) is 20.2. The molecule has 0 spiro atoms. The third-order valence-electron chi connectivity index (χ3n) is 7.63. The van der Waals surface area contributed by atoms with Crippen molar-refractivity contribution in [3.63, 3.8) is 0 Å². The van der Waals surface area contributed by atoms with Crippen molar-refractivity contribution in [3.8, 4) is 0 Å². The summed E-state index contributed by atoms with van der Waals surface area (Å²) in [7, 11) is -6.42. The van der Waals surface area contributed by atoms with E-state index in [2.05, 4.69) is 38.2 Å². The summed E-state index contributed by atoms with van der Waals surface area (Å²) in [5.74, 6) is 0. The lowest BCUT2D eigenvalue weighted by Gasteiger charge is -2.42. The number of hydrogen-bond donors (Lipinski definition) is 6. The number of carbonyl (C=O) groups excluding carboxylic acids is 1. The van der Waals surface area contributed by atoms with Crippen LogP contribution < -0.4 is 5.32 Å². The first-order chi connectivity index (χ1) is 25.2. The molecule has 20 heteroatoms. The van der Waals surface area contributed by atoms with Gasteiger partial charge < -0.3 is 63.8 Å². The lowest BCUT2D eigenvalue weighted by Crippen LogP contribution is -2.64. The SMILES string of the molecule is COCCOCC(COC(=O)N[C@H]1C(CO)O[C@@H](O[P@@](=O)(CO)O[P@@](=O)(CO)OC/C=C(/C)CC/C=C(\C)CCC=C(C)C)C(O)[C@H]1O)OCCOC. The quantitative estimate of drug-likeness (QED) is 0.0378. The van der Waals surface area contributed by atoms with Crippen molar-refractivity contribution >= 4 is 21.3 Å². The van der Waals surface area contributed by atoms with Crippen molar-refractivity contribution in [2.45, 2.75) is 90.1 Å². The van der Waals surface area contributed by atoms with Crippen LogP contribution in [0.15, 0.2) is 34.9 Å². The smallest absolute Gasteiger partial charge is 0.407 e. The molecule has 310 valence electrons. The molecule has 6 N–H and O–H groups in total. The molecule has 1 heterocycles. The van der Waals surface area contributed by atoms with E-state index < -0.39 is 77.3 Å². The summed E-state index contributed by atoms with van der Waals surface area (Å²) in [6.45, 7) is 7.71. The maximum Gasteiger partial charge on any atom is 0.407 e. The molecule has 0 aromatic heterocycles. The molecule has 18 nitrogen and oxygen atoms in total. The molecule has 53 heavy (non-hydrogen) atoms. The molecule has 1 saturated heterocycles. The van der Waals surface area contributed by atoms with Gasteiger partial charge in [0.1, 0.15) is 43.7 Å². The van der Waals surface area contributed by atoms with Crippen molar-refractivity contribution in [1.82, 2.24) is 5.32 Å². The number of alkyl carbamates (subject to hydrolysis) is 1. The van der Waals surface area contributed by atoms with Crippen LogP contribution in [0.1, 0.15) is 53.4 Å². The van der Waals surface area contributed by atoms with Crippen molar-refractivity contribution in [3.05, 3.63) is 34.9 Å². The van der Waals surface area contributed by atoms with E-state index in [1.165, 1.54) is 25.4 Å². The van der Waals surface area contributed by atoms with Gasteiger partial charge in [0.2, 0.25) is 0 Å². The Hall–Kier alpha value is -1.57. The van der Waals surface area contributed by atoms with E-state index in [0.717, 1.165) is 24.8 Å². The first kappa shape index (κ1) is 49.4. The summed E-state index contributed by atoms with van der Waals surface area (Å²) in [5.41, 5.74) is 3.42. The maximum absolute atomic E-state index is 13.4. The van der Waals surface area contributed by atoms with E-state index in [1.54, 1.807) is 6.08 Å². The van der Waals surface area contributed by atoms with E-state index in [0.29, 0.717) is 13.0 Å². The minimum atomic E-state index is -4.87. The first-order valence-corrected chi connectivity index (χ1v) is 20.7. The molecular formula is C33H61NO17P2. The number of nitrogens with one attached hydrogen (secondary N) is 1. The molecule has 1 amide bonds. The van der Waals surface area contributed by atoms with Gasteiger partial charge in [0.25, 0.3) is 0 Å². The molecule has 3 unspecified atom stereocenters. The fourth-order valence-electron chi connectivity index (χ4n) is 4.65. The van der Waals surface area contributed by atoms with Gasteiger partial charge in [0.15, 0.2) is 6.29 Å². The van der Waals surface area contributed by atoms with Gasteiger partial charge in [-0.15, -0.1) is 0 Å². The fraction of sp³-hybridized carbons (Fsp3) is 0.788. The number of hydrogen-bond acceptors (Lipinski definition) is 17. The van der Waals surface area contributed by atoms with Gasteiger partial charge in [0, 0.05) is 14.2 Å². The Morgan fingerprint density at radius 2 is 1.45 bits per heavy atom. The summed E-state index contributed by atoms with van der Waals surface area (Å²) in [4.78, 5) is 12.6. The lowest BCUT2D eigenvalue weighted by atomic mass is 9.96. The highest BCUT2D eigenvalue weighted by Crippen LogP contribution is 2.64. The highest BCUT2D eigenvalue weighted by molar-refractivity contribution is 7.67. The molecular weight excluding hydrogens is 744 g/mol. The Kier molecular flexibility index (Phi) is 25.3. The Bertz CT molecular complexity index is 1230. The van der Waals surface area contributed by atoms with Gasteiger partial charge in [-0.3, -0.25) is 13.7 Å². The molecule has 0 aromatic rings. The van der Waals surface area contributed by atoms with Crippen LogP contribution in [0.4, 0.5) is 4.79 Å². The molecule has 1 aliphatic rings. The predicted molar refractivity (Wildman–Crippen MR) is 193 cm³/mol. The normalized spacial score (nSPS) is 23.9. The first-order valence-electron chi connectivity index (χ1n) is 17.3. The second-order valence-electron chi connectivity index (χ2n) is 12.5. The van der Waals surface area contributed by atoms with E-state index in [4.69, 9.17) is 41.8 Å². The average molecular weight is 806 g/mol. The second-order valence-corrected chi connectivity index (χ2v) is 16.6. The predicted octanol–water partition coefficient (Wildman–Crippen LogP) is 2.97. The van der Waals surface area contributed by atoms with E-state index >= 15 is 0 Å². The molecule has 1 aliphatic heterocycles. The largest absolute Gasteiger partial charge is 0.447 e. The minimum Gasteiger partial charge on any atom is -0.447 e. The Labute approximate surface area is 312 Å². The number of methoxy groups -OCH3 is 2. The van der Waals surface area contributed by atoms with Crippen LogP contribution in [0.3, 0.4) is 0 Å². The standard InChI is InChI=1S/C33H61NO17P2/c1-24(2)9-7-10-25(3)11-8-12-26(4)13-14-48-52(41,22-36)51-53(42,23-37)50-32-31(39)30(38)29(28(19-35)49-32)34-33(40)47-21-27(46-18-16-44-6)20-45-17-15-43-5/h9,11,13,27-32,35-39H,7-8,10,12,14-23H2,1-6H3,(H,34,40)/b25-11+,26-13-/t27?,28?,29-,30-,31?,32-,52+,53-/m0/s1. The van der Waals surface area contributed by atoms with Crippen molar-refractivity contribution in [2.24, 2.45) is 0 Å². The van der Waals surface area contributed by atoms with Gasteiger partial charge >= 0.3 is 21.3 Å². The number of aliphatic hydroxyl groups excluding tert-OH is 5. The summed E-state index contributed by atoms with van der Waals surface area (Å²) in [5, 5.41) is 53.5. The zero-order valence-corrected chi connectivity index (χ0v) is 33.4. The molecule has 8 atom stereocenters. The highest BCUT2D eigenvalue weighted by atomic mass is 31.3. The van der Waals surface area contributed by atoms with Crippen molar-refractivity contribution in [1.29, 1.82) is 0 Å². The van der Waals surface area contributed by atoms with Crippen molar-refractivity contribution in [2.75, 3.05) is 79.8 Å². The van der Waals surface area contributed by atoms with E-state index in [1.807, 2.05) is 6.92 Å². The van der Waals surface area contributed by atoms with Gasteiger partial charge in [-0.1, -0.05) is 34.9 Å². The maximum atomic E-state index is 13.4. The van der Waals surface area contributed by atoms with Gasteiger partial charge in [-0.05, 0) is 53.4 Å². The van der Waals surface area contributed by atoms with Crippen LogP contribution >= 0.6 is 15.2 Å². The molecule has 1 fully saturated rings. The monoisotopic (exact) mass is 805 g/mol. The molecule has 0 aliphatic carbocycles. The number of carbonyl (C=O) groups is 1. The number of rotatable bonds is 28. The van der Waals surface area contributed by atoms with Crippen LogP contribution in [0, 0.1) is 0 Å². The van der Waals surface area contributed by atoms with E-state index in [-0.39, 0.29) is 39.6 Å².